The van der Waals surface area contributed by atoms with Crippen LogP contribution in [0.3, 0.4) is 0 Å². The van der Waals surface area contributed by atoms with Crippen LogP contribution >= 0.6 is 0 Å². The summed E-state index contributed by atoms with van der Waals surface area (Å²) in [5.41, 5.74) is 3.74. The molecule has 0 aromatic heterocycles. The number of urea groups is 1. The maximum Gasteiger partial charge on any atom is 0.325 e. The van der Waals surface area contributed by atoms with Gasteiger partial charge in [0.1, 0.15) is 5.54 Å². The van der Waals surface area contributed by atoms with Gasteiger partial charge in [0.15, 0.2) is 0 Å². The molecule has 0 spiro atoms. The average molecular weight is 299 g/mol. The molecule has 0 saturated carbocycles. The van der Waals surface area contributed by atoms with Gasteiger partial charge in [-0.3, -0.25) is 19.3 Å². The Morgan fingerprint density at radius 3 is 2.52 bits per heavy atom. The first-order valence-electron chi connectivity index (χ1n) is 6.94. The van der Waals surface area contributed by atoms with E-state index in [9.17, 15) is 19.2 Å². The number of esters is 1. The Morgan fingerprint density at radius 1 is 1.33 bits per heavy atom. The standard InChI is InChI=1S/C13H21N3O5/c1-3-6-13(8-10(18)21-4-2)11(19)16(12(20)15-13)7-5-9(14)17/h3-8H2,1-2H3,(H2,14,17)(H,15,20). The monoisotopic (exact) mass is 299 g/mol. The van der Waals surface area contributed by atoms with Crippen LogP contribution in [0.4, 0.5) is 4.79 Å². The zero-order chi connectivity index (χ0) is 16.0. The summed E-state index contributed by atoms with van der Waals surface area (Å²) in [5.74, 6) is -1.66. The summed E-state index contributed by atoms with van der Waals surface area (Å²) in [5, 5.41) is 2.57. The normalized spacial score (nSPS) is 21.3. The Morgan fingerprint density at radius 2 is 2.00 bits per heavy atom. The van der Waals surface area contributed by atoms with Gasteiger partial charge in [0.05, 0.1) is 13.0 Å². The van der Waals surface area contributed by atoms with E-state index >= 15 is 0 Å². The van der Waals surface area contributed by atoms with Crippen LogP contribution in [0.1, 0.15) is 39.5 Å². The number of hydrogen-bond acceptors (Lipinski definition) is 5. The van der Waals surface area contributed by atoms with Crippen molar-refractivity contribution in [3.05, 3.63) is 0 Å². The van der Waals surface area contributed by atoms with Crippen molar-refractivity contribution in [1.29, 1.82) is 0 Å². The molecule has 4 amide bonds. The number of carbonyl (C=O) groups is 4. The van der Waals surface area contributed by atoms with Crippen molar-refractivity contribution in [2.24, 2.45) is 5.73 Å². The molecule has 1 aliphatic heterocycles. The van der Waals surface area contributed by atoms with Crippen LogP contribution in [-0.4, -0.2) is 47.4 Å². The van der Waals surface area contributed by atoms with Gasteiger partial charge in [-0.05, 0) is 13.3 Å². The Balaban J connectivity index is 2.89. The van der Waals surface area contributed by atoms with Crippen molar-refractivity contribution in [3.63, 3.8) is 0 Å². The number of hydrogen-bond donors (Lipinski definition) is 2. The topological polar surface area (TPSA) is 119 Å². The van der Waals surface area contributed by atoms with Gasteiger partial charge in [-0.2, -0.15) is 0 Å². The molecule has 3 N–H and O–H groups in total. The highest BCUT2D eigenvalue weighted by Gasteiger charge is 2.51. The van der Waals surface area contributed by atoms with Crippen molar-refractivity contribution < 1.29 is 23.9 Å². The minimum Gasteiger partial charge on any atom is -0.466 e. The number of carbonyl (C=O) groups excluding carboxylic acids is 4. The van der Waals surface area contributed by atoms with E-state index in [1.807, 2.05) is 6.92 Å². The number of ether oxygens (including phenoxy) is 1. The minimum absolute atomic E-state index is 0.0890. The van der Waals surface area contributed by atoms with E-state index in [-0.39, 0.29) is 26.0 Å². The second-order valence-electron chi connectivity index (χ2n) is 4.92. The van der Waals surface area contributed by atoms with Crippen LogP contribution in [0.5, 0.6) is 0 Å². The number of nitrogens with two attached hydrogens (primary N) is 1. The van der Waals surface area contributed by atoms with Gasteiger partial charge in [0.2, 0.25) is 5.91 Å². The Labute approximate surface area is 123 Å². The molecule has 1 heterocycles. The molecule has 0 aromatic carbocycles. The summed E-state index contributed by atoms with van der Waals surface area (Å²) in [7, 11) is 0. The highest BCUT2D eigenvalue weighted by Crippen LogP contribution is 2.27. The molecular formula is C13H21N3O5. The summed E-state index contributed by atoms with van der Waals surface area (Å²) in [4.78, 5) is 47.8. The van der Waals surface area contributed by atoms with Gasteiger partial charge < -0.3 is 15.8 Å². The molecule has 1 atom stereocenters. The molecule has 0 radical (unpaired) electrons. The lowest BCUT2D eigenvalue weighted by Gasteiger charge is -2.25. The SMILES string of the molecule is CCCC1(CC(=O)OCC)NC(=O)N(CCC(N)=O)C1=O. The third-order valence-corrected chi connectivity index (χ3v) is 3.26. The Hall–Kier alpha value is -2.12. The fraction of sp³-hybridized carbons (Fsp3) is 0.692. The average Bonchev–Trinajstić information content (AvgIpc) is 2.59. The zero-order valence-electron chi connectivity index (χ0n) is 12.3. The van der Waals surface area contributed by atoms with Crippen molar-refractivity contribution >= 4 is 23.8 Å². The summed E-state index contributed by atoms with van der Waals surface area (Å²) in [6.45, 7) is 3.62. The van der Waals surface area contributed by atoms with E-state index in [2.05, 4.69) is 5.32 Å². The third-order valence-electron chi connectivity index (χ3n) is 3.26. The fourth-order valence-corrected chi connectivity index (χ4v) is 2.36. The van der Waals surface area contributed by atoms with Gasteiger partial charge in [0, 0.05) is 13.0 Å². The van der Waals surface area contributed by atoms with E-state index in [1.165, 1.54) is 0 Å². The van der Waals surface area contributed by atoms with Crippen molar-refractivity contribution in [1.82, 2.24) is 10.2 Å². The van der Waals surface area contributed by atoms with Crippen molar-refractivity contribution in [3.8, 4) is 0 Å². The number of amides is 4. The highest BCUT2D eigenvalue weighted by molar-refractivity contribution is 6.08. The summed E-state index contributed by atoms with van der Waals surface area (Å²) in [6.07, 6.45) is 0.603. The lowest BCUT2D eigenvalue weighted by atomic mass is 9.90. The second-order valence-corrected chi connectivity index (χ2v) is 4.92. The first-order valence-corrected chi connectivity index (χ1v) is 6.94. The predicted molar refractivity (Wildman–Crippen MR) is 72.9 cm³/mol. The molecule has 1 fully saturated rings. The van der Waals surface area contributed by atoms with Gasteiger partial charge in [-0.25, -0.2) is 4.79 Å². The number of nitrogens with one attached hydrogen (secondary N) is 1. The van der Waals surface area contributed by atoms with E-state index in [0.717, 1.165) is 4.90 Å². The molecule has 0 aliphatic carbocycles. The van der Waals surface area contributed by atoms with E-state index in [4.69, 9.17) is 10.5 Å². The van der Waals surface area contributed by atoms with E-state index < -0.39 is 29.4 Å². The maximum atomic E-state index is 12.5. The fourth-order valence-electron chi connectivity index (χ4n) is 2.36. The first kappa shape index (κ1) is 16.9. The molecule has 0 aromatic rings. The maximum absolute atomic E-state index is 12.5. The zero-order valence-corrected chi connectivity index (χ0v) is 12.3. The highest BCUT2D eigenvalue weighted by atomic mass is 16.5. The molecule has 1 saturated heterocycles. The third kappa shape index (κ3) is 3.93. The molecule has 1 rings (SSSR count). The minimum atomic E-state index is -1.28. The van der Waals surface area contributed by atoms with Crippen LogP contribution in [-0.2, 0) is 19.1 Å². The summed E-state index contributed by atoms with van der Waals surface area (Å²) >= 11 is 0. The van der Waals surface area contributed by atoms with Crippen LogP contribution in [0, 0.1) is 0 Å². The summed E-state index contributed by atoms with van der Waals surface area (Å²) < 4.78 is 4.86. The first-order chi connectivity index (χ1) is 9.86. The molecule has 118 valence electrons. The van der Waals surface area contributed by atoms with Crippen LogP contribution in [0.25, 0.3) is 0 Å². The number of primary amides is 1. The molecule has 1 aliphatic rings. The molecule has 8 nitrogen and oxygen atoms in total. The molecule has 21 heavy (non-hydrogen) atoms. The van der Waals surface area contributed by atoms with Crippen molar-refractivity contribution in [2.75, 3.05) is 13.2 Å². The van der Waals surface area contributed by atoms with Gasteiger partial charge in [-0.15, -0.1) is 0 Å². The Kier molecular flexibility index (Phi) is 5.69. The van der Waals surface area contributed by atoms with Gasteiger partial charge in [-0.1, -0.05) is 13.3 Å². The number of imide groups is 1. The van der Waals surface area contributed by atoms with Crippen LogP contribution in [0.15, 0.2) is 0 Å². The van der Waals surface area contributed by atoms with Crippen molar-refractivity contribution in [2.45, 2.75) is 45.1 Å². The lowest BCUT2D eigenvalue weighted by Crippen LogP contribution is -2.49. The number of rotatable bonds is 8. The quantitative estimate of drug-likeness (QED) is 0.479. The second kappa shape index (κ2) is 7.05. The van der Waals surface area contributed by atoms with Gasteiger partial charge >= 0.3 is 12.0 Å². The number of nitrogens with zero attached hydrogens (tertiary/aromatic N) is 1. The van der Waals surface area contributed by atoms with Crippen LogP contribution in [0.2, 0.25) is 0 Å². The molecular weight excluding hydrogens is 278 g/mol. The smallest absolute Gasteiger partial charge is 0.325 e. The Bertz CT molecular complexity index is 451. The van der Waals surface area contributed by atoms with Crippen LogP contribution < -0.4 is 11.1 Å². The summed E-state index contributed by atoms with van der Waals surface area (Å²) in [6, 6.07) is -0.612. The largest absolute Gasteiger partial charge is 0.466 e. The van der Waals surface area contributed by atoms with E-state index in [1.54, 1.807) is 6.92 Å². The molecule has 8 heteroatoms. The molecule has 1 unspecified atom stereocenters. The lowest BCUT2D eigenvalue weighted by molar-refractivity contribution is -0.148. The van der Waals surface area contributed by atoms with Gasteiger partial charge in [0.25, 0.3) is 5.91 Å². The van der Waals surface area contributed by atoms with E-state index in [0.29, 0.717) is 12.8 Å². The molecule has 0 bridgehead atoms. The predicted octanol–water partition coefficient (Wildman–Crippen LogP) is -0.0943.